The minimum absolute atomic E-state index is 0.00580. The molecule has 12 heteroatoms. The van der Waals surface area contributed by atoms with Gasteiger partial charge in [0.05, 0.1) is 12.5 Å². The molecule has 1 aromatic heterocycles. The van der Waals surface area contributed by atoms with Crippen molar-refractivity contribution in [2.45, 2.75) is 37.4 Å². The molecule has 0 aliphatic rings. The lowest BCUT2D eigenvalue weighted by Crippen LogP contribution is -2.57. The summed E-state index contributed by atoms with van der Waals surface area (Å²) in [6.45, 7) is -0.669. The summed E-state index contributed by atoms with van der Waals surface area (Å²) in [6.07, 6.45) is 1.10. The van der Waals surface area contributed by atoms with Crippen molar-refractivity contribution in [3.8, 4) is 0 Å². The van der Waals surface area contributed by atoms with Gasteiger partial charge in [-0.05, 0) is 23.6 Å². The molecule has 3 rings (SSSR count). The Balaban J connectivity index is 1.71. The average molecular weight is 524 g/mol. The van der Waals surface area contributed by atoms with E-state index in [0.29, 0.717) is 5.56 Å². The number of aliphatic carboxylic acids is 2. The van der Waals surface area contributed by atoms with Gasteiger partial charge in [0, 0.05) is 23.5 Å². The van der Waals surface area contributed by atoms with E-state index in [1.165, 1.54) is 0 Å². The summed E-state index contributed by atoms with van der Waals surface area (Å²) < 4.78 is 0. The Morgan fingerprint density at radius 2 is 1.45 bits per heavy atom. The highest BCUT2D eigenvalue weighted by Gasteiger charge is 2.30. The highest BCUT2D eigenvalue weighted by atomic mass is 16.4. The summed E-state index contributed by atoms with van der Waals surface area (Å²) >= 11 is 0. The van der Waals surface area contributed by atoms with Gasteiger partial charge in [-0.3, -0.25) is 24.0 Å². The number of H-pyrrole nitrogens is 1. The number of carboxylic acids is 2. The lowest BCUT2D eigenvalue weighted by Gasteiger charge is -2.23. The van der Waals surface area contributed by atoms with Crippen molar-refractivity contribution in [1.82, 2.24) is 20.9 Å². The second kappa shape index (κ2) is 13.0. The normalized spacial score (nSPS) is 13.2. The van der Waals surface area contributed by atoms with Crippen molar-refractivity contribution in [1.29, 1.82) is 0 Å². The number of aromatic nitrogens is 1. The van der Waals surface area contributed by atoms with E-state index in [9.17, 15) is 29.1 Å². The van der Waals surface area contributed by atoms with Crippen LogP contribution in [0, 0.1) is 0 Å². The topological polar surface area (TPSA) is 204 Å². The predicted molar refractivity (Wildman–Crippen MR) is 137 cm³/mol. The van der Waals surface area contributed by atoms with E-state index in [-0.39, 0.29) is 12.8 Å². The first-order valence-corrected chi connectivity index (χ1v) is 11.8. The maximum atomic E-state index is 13.0. The molecule has 0 spiro atoms. The summed E-state index contributed by atoms with van der Waals surface area (Å²) in [6, 6.07) is 12.2. The van der Waals surface area contributed by atoms with Crippen LogP contribution < -0.4 is 21.7 Å². The van der Waals surface area contributed by atoms with Crippen molar-refractivity contribution < 1.29 is 34.2 Å². The zero-order chi connectivity index (χ0) is 27.7. The van der Waals surface area contributed by atoms with Crippen LogP contribution in [0.4, 0.5) is 0 Å². The summed E-state index contributed by atoms with van der Waals surface area (Å²) in [5.74, 6) is -5.08. The third-order valence-corrected chi connectivity index (χ3v) is 5.79. The fraction of sp³-hybridized carbons (Fsp3) is 0.269. The predicted octanol–water partition coefficient (Wildman–Crippen LogP) is -0.0745. The Bertz CT molecular complexity index is 1310. The molecule has 38 heavy (non-hydrogen) atoms. The minimum atomic E-state index is -1.53. The monoisotopic (exact) mass is 523 g/mol. The van der Waals surface area contributed by atoms with Gasteiger partial charge in [0.2, 0.25) is 17.7 Å². The van der Waals surface area contributed by atoms with E-state index in [0.717, 1.165) is 16.5 Å². The summed E-state index contributed by atoms with van der Waals surface area (Å²) in [5, 5.41) is 26.1. The molecule has 0 radical (unpaired) electrons. The second-order valence-corrected chi connectivity index (χ2v) is 8.69. The zero-order valence-electron chi connectivity index (χ0n) is 20.3. The van der Waals surface area contributed by atoms with Crippen LogP contribution in [-0.2, 0) is 36.8 Å². The van der Waals surface area contributed by atoms with Crippen LogP contribution in [0.15, 0.2) is 60.8 Å². The second-order valence-electron chi connectivity index (χ2n) is 8.69. The average Bonchev–Trinajstić information content (AvgIpc) is 3.29. The number of carboxylic acid groups (broad SMARTS) is 2. The number of rotatable bonds is 13. The molecule has 12 nitrogen and oxygen atoms in total. The zero-order valence-corrected chi connectivity index (χ0v) is 20.3. The van der Waals surface area contributed by atoms with Crippen LogP contribution in [0.3, 0.4) is 0 Å². The van der Waals surface area contributed by atoms with Crippen molar-refractivity contribution in [3.63, 3.8) is 0 Å². The number of carbonyl (C=O) groups excluding carboxylic acids is 3. The molecular formula is C26H29N5O7. The van der Waals surface area contributed by atoms with Gasteiger partial charge in [-0.25, -0.2) is 0 Å². The molecule has 0 saturated carbocycles. The number of hydrogen-bond acceptors (Lipinski definition) is 6. The van der Waals surface area contributed by atoms with Crippen LogP contribution in [0.25, 0.3) is 10.9 Å². The maximum Gasteiger partial charge on any atom is 0.322 e. The van der Waals surface area contributed by atoms with Gasteiger partial charge in [-0.1, -0.05) is 48.5 Å². The molecular weight excluding hydrogens is 494 g/mol. The molecule has 3 amide bonds. The smallest absolute Gasteiger partial charge is 0.322 e. The standard InChI is InChI=1S/C26H29N5O7/c27-18(11-16-13-28-19-9-5-4-8-17(16)19)24(36)30-21(12-22(32)33)26(38)31-20(25(37)29-14-23(34)35)10-15-6-2-1-3-7-15/h1-9,13,18,20-21,28H,10-12,14,27H2,(H,29,37)(H,30,36)(H,31,38)(H,32,33)(H,34,35). The number of carbonyl (C=O) groups is 5. The summed E-state index contributed by atoms with van der Waals surface area (Å²) in [4.78, 5) is 63.9. The Morgan fingerprint density at radius 1 is 0.789 bits per heavy atom. The Labute approximate surface area is 217 Å². The molecule has 1 heterocycles. The first-order valence-electron chi connectivity index (χ1n) is 11.8. The number of nitrogens with two attached hydrogens (primary N) is 1. The van der Waals surface area contributed by atoms with Crippen molar-refractivity contribution in [3.05, 3.63) is 71.9 Å². The maximum absolute atomic E-state index is 13.0. The minimum Gasteiger partial charge on any atom is -0.481 e. The highest BCUT2D eigenvalue weighted by Crippen LogP contribution is 2.18. The molecule has 0 fully saturated rings. The fourth-order valence-corrected chi connectivity index (χ4v) is 3.91. The molecule has 0 aliphatic carbocycles. The first kappa shape index (κ1) is 27.9. The molecule has 3 atom stereocenters. The number of amides is 3. The summed E-state index contributed by atoms with van der Waals surface area (Å²) in [5.41, 5.74) is 8.39. The largest absolute Gasteiger partial charge is 0.481 e. The number of fused-ring (bicyclic) bond motifs is 1. The molecule has 3 unspecified atom stereocenters. The van der Waals surface area contributed by atoms with E-state index in [1.54, 1.807) is 36.5 Å². The number of aromatic amines is 1. The van der Waals surface area contributed by atoms with Gasteiger partial charge in [0.25, 0.3) is 0 Å². The molecule has 3 aromatic rings. The van der Waals surface area contributed by atoms with E-state index in [2.05, 4.69) is 20.9 Å². The molecule has 200 valence electrons. The Morgan fingerprint density at radius 3 is 2.13 bits per heavy atom. The Kier molecular flexibility index (Phi) is 9.54. The molecule has 2 aromatic carbocycles. The molecule has 0 aliphatic heterocycles. The van der Waals surface area contributed by atoms with Crippen LogP contribution in [0.5, 0.6) is 0 Å². The van der Waals surface area contributed by atoms with Gasteiger partial charge in [-0.15, -0.1) is 0 Å². The summed E-state index contributed by atoms with van der Waals surface area (Å²) in [7, 11) is 0. The van der Waals surface area contributed by atoms with Gasteiger partial charge < -0.3 is 36.9 Å². The van der Waals surface area contributed by atoms with Gasteiger partial charge in [0.15, 0.2) is 0 Å². The quantitative estimate of drug-likeness (QED) is 0.161. The lowest BCUT2D eigenvalue weighted by molar-refractivity contribution is -0.141. The SMILES string of the molecule is NC(Cc1c[nH]c2ccccc12)C(=O)NC(CC(=O)O)C(=O)NC(Cc1ccccc1)C(=O)NCC(=O)O. The third kappa shape index (κ3) is 7.90. The van der Waals surface area contributed by atoms with Crippen molar-refractivity contribution >= 4 is 40.6 Å². The highest BCUT2D eigenvalue weighted by molar-refractivity contribution is 5.95. The number of para-hydroxylation sites is 1. The van der Waals surface area contributed by atoms with Crippen LogP contribution in [0.2, 0.25) is 0 Å². The third-order valence-electron chi connectivity index (χ3n) is 5.79. The molecule has 0 saturated heterocycles. The molecule has 0 bridgehead atoms. The lowest BCUT2D eigenvalue weighted by atomic mass is 10.0. The van der Waals surface area contributed by atoms with E-state index in [1.807, 2.05) is 24.3 Å². The van der Waals surface area contributed by atoms with E-state index < -0.39 is 60.8 Å². The van der Waals surface area contributed by atoms with Crippen molar-refractivity contribution in [2.24, 2.45) is 5.73 Å². The van der Waals surface area contributed by atoms with E-state index >= 15 is 0 Å². The van der Waals surface area contributed by atoms with Gasteiger partial charge in [0.1, 0.15) is 18.6 Å². The van der Waals surface area contributed by atoms with Crippen LogP contribution in [0.1, 0.15) is 17.5 Å². The number of nitrogens with one attached hydrogen (secondary N) is 4. The number of hydrogen-bond donors (Lipinski definition) is 7. The van der Waals surface area contributed by atoms with Gasteiger partial charge >= 0.3 is 11.9 Å². The Hall–Kier alpha value is -4.71. The fourth-order valence-electron chi connectivity index (χ4n) is 3.91. The molecule has 8 N–H and O–H groups in total. The van der Waals surface area contributed by atoms with Gasteiger partial charge in [-0.2, -0.15) is 0 Å². The van der Waals surface area contributed by atoms with E-state index in [4.69, 9.17) is 10.8 Å². The first-order chi connectivity index (χ1) is 18.1. The van der Waals surface area contributed by atoms with Crippen LogP contribution in [-0.4, -0.2) is 69.5 Å². The number of benzene rings is 2. The van der Waals surface area contributed by atoms with Crippen LogP contribution >= 0.6 is 0 Å². The van der Waals surface area contributed by atoms with Crippen molar-refractivity contribution in [2.75, 3.05) is 6.54 Å².